The van der Waals surface area contributed by atoms with Gasteiger partial charge in [-0.15, -0.1) is 0 Å². The first-order valence-corrected chi connectivity index (χ1v) is 50.9. The van der Waals surface area contributed by atoms with Crippen molar-refractivity contribution in [3.8, 4) is 96.0 Å². The highest BCUT2D eigenvalue weighted by molar-refractivity contribution is 6.37. The summed E-state index contributed by atoms with van der Waals surface area (Å²) >= 11 is 0. The second kappa shape index (κ2) is 34.7. The molecule has 0 N–H and O–H groups in total. The van der Waals surface area contributed by atoms with Gasteiger partial charge in [-0.1, -0.05) is 364 Å². The van der Waals surface area contributed by atoms with Gasteiger partial charge < -0.3 is 18.1 Å². The van der Waals surface area contributed by atoms with Crippen LogP contribution in [0.15, 0.2) is 520 Å². The first-order chi connectivity index (χ1) is 74.4. The van der Waals surface area contributed by atoms with E-state index < -0.39 is 0 Å². The second-order valence-corrected chi connectivity index (χ2v) is 38.6. The topological polar surface area (TPSA) is 115 Å². The SMILES string of the molecule is c1ccc(-c2ccc3c4c5oc6ccccc6c5ccc4n(-c4nc5ccccc5nc4-c4ccc5ccccc5c4)c3c2)cc1.c1ccc(-c2nc3ccccc3nc2-c2ccc(-n3c4ccccc4c4c5ccccc5c5c6ccccc6n(-c6ccccc6)c5c43)cc2)cc1.c1ccc(-c2nc3ccccc3nc2-n2c3ccccc3c3cc(-c4ccc5c(c4)c4c6ccccc6ccc4n5-c4ccccc4)ccc32)cc1. The van der Waals surface area contributed by atoms with Gasteiger partial charge in [-0.05, 0) is 206 Å². The largest absolute Gasteiger partial charge is 0.455 e. The van der Waals surface area contributed by atoms with Gasteiger partial charge in [-0.2, -0.15) is 0 Å². The summed E-state index contributed by atoms with van der Waals surface area (Å²) in [5, 5.41) is 21.7. The predicted octanol–water partition coefficient (Wildman–Crippen LogP) is 35.7. The third-order valence-corrected chi connectivity index (χ3v) is 30.1. The van der Waals surface area contributed by atoms with E-state index in [0.717, 1.165) is 173 Å². The van der Waals surface area contributed by atoms with Crippen LogP contribution in [0.5, 0.6) is 0 Å². The van der Waals surface area contributed by atoms with Gasteiger partial charge in [0.25, 0.3) is 0 Å². The number of fused-ring (bicyclic) bond motifs is 29. The number of furan rings is 1. The number of nitrogens with zero attached hydrogens (tertiary/aromatic N) is 11. The van der Waals surface area contributed by atoms with Crippen LogP contribution in [0.2, 0.25) is 0 Å². The van der Waals surface area contributed by atoms with Gasteiger partial charge in [0.2, 0.25) is 0 Å². The maximum atomic E-state index is 6.62. The molecule has 12 heteroatoms. The van der Waals surface area contributed by atoms with Crippen LogP contribution in [0.25, 0.3) is 292 Å². The van der Waals surface area contributed by atoms with E-state index in [1.54, 1.807) is 0 Å². The standard InChI is InChI=1S/2C48H30N4.C42H25N3O/c1-3-15-31(16-4-1)45-46(50-40-24-12-11-23-39(40)49-45)32-27-29-34(30-28-32)52-42-26-14-10-22-38(42)44-36-20-8-7-19-35(36)43-37-21-9-13-25-41(37)51(47(43)48(44)52)33-17-5-2-6-18-33;1-3-14-32(15-4-1)47-48(50-41-21-11-10-20-40(41)49-47)52-42-22-12-9-19-37(42)38-29-33(24-26-43(38)52)34-25-27-44-39(30-34)46-36-18-8-7-13-31(36)23-28-45(46)51(44)35-16-5-2-6-17-35;1-2-10-26(11-3-1)29-20-21-33-37(25-29)45(36-23-22-32-31-14-6-9-17-38(31)46-41(32)39(33)36)42-40(43-34-15-7-8-16-35(34)44-42)30-19-18-27-12-4-5-13-28(27)24-30/h2*1-30H;1-25H. The average molecular weight is 1910 g/mol. The normalized spacial score (nSPS) is 11.9. The minimum absolute atomic E-state index is 0.787. The first kappa shape index (κ1) is 85.3. The lowest BCUT2D eigenvalue weighted by Gasteiger charge is -2.15. The van der Waals surface area contributed by atoms with E-state index >= 15 is 0 Å². The monoisotopic (exact) mass is 1910 g/mol. The van der Waals surface area contributed by atoms with E-state index in [9.17, 15) is 0 Å². The molecule has 0 aliphatic heterocycles. The molecule has 23 aromatic carbocycles. The average Bonchev–Trinajstić information content (AvgIpc) is 1.51. The van der Waals surface area contributed by atoms with E-state index in [1.807, 2.05) is 97.1 Å². The number of benzene rings is 23. The summed E-state index contributed by atoms with van der Waals surface area (Å²) in [6.07, 6.45) is 0. The molecule has 12 nitrogen and oxygen atoms in total. The summed E-state index contributed by atoms with van der Waals surface area (Å²) in [7, 11) is 0. The molecule has 32 rings (SSSR count). The molecule has 0 spiro atoms. The zero-order valence-electron chi connectivity index (χ0n) is 80.9. The van der Waals surface area contributed by atoms with Crippen molar-refractivity contribution in [3.05, 3.63) is 516 Å². The molecule has 0 saturated carbocycles. The lowest BCUT2D eigenvalue weighted by Crippen LogP contribution is -2.03. The molecular weight excluding hydrogens is 1830 g/mol. The fourth-order valence-corrected chi connectivity index (χ4v) is 23.4. The fraction of sp³-hybridized carbons (Fsp3) is 0. The van der Waals surface area contributed by atoms with Gasteiger partial charge in [0.05, 0.1) is 105 Å². The number of rotatable bonds is 11. The van der Waals surface area contributed by atoms with Crippen LogP contribution >= 0.6 is 0 Å². The fourth-order valence-electron chi connectivity index (χ4n) is 23.4. The highest BCUT2D eigenvalue weighted by Crippen LogP contribution is 2.51. The van der Waals surface area contributed by atoms with Crippen LogP contribution in [0, 0.1) is 0 Å². The predicted molar refractivity (Wildman–Crippen MR) is 623 cm³/mol. The molecule has 0 atom stereocenters. The molecule has 0 bridgehead atoms. The Bertz CT molecular complexity index is 11100. The van der Waals surface area contributed by atoms with Gasteiger partial charge in [-0.25, -0.2) is 29.9 Å². The Balaban J connectivity index is 0.000000104. The van der Waals surface area contributed by atoms with E-state index in [1.165, 1.54) is 120 Å². The van der Waals surface area contributed by atoms with Gasteiger partial charge in [0.15, 0.2) is 11.6 Å². The molecular formula is C138H85N11O. The Labute approximate surface area is 859 Å². The number of para-hydroxylation sites is 12. The quantitative estimate of drug-likeness (QED) is 0.127. The first-order valence-electron chi connectivity index (χ1n) is 50.9. The molecule has 0 radical (unpaired) electrons. The Hall–Kier alpha value is -20.3. The third kappa shape index (κ3) is 13.8. The summed E-state index contributed by atoms with van der Waals surface area (Å²) in [6, 6.07) is 183. The molecule has 150 heavy (non-hydrogen) atoms. The van der Waals surface area contributed by atoms with E-state index in [2.05, 4.69) is 441 Å². The zero-order valence-corrected chi connectivity index (χ0v) is 80.9. The van der Waals surface area contributed by atoms with Crippen LogP contribution in [-0.4, -0.2) is 52.7 Å². The third-order valence-electron chi connectivity index (χ3n) is 30.1. The van der Waals surface area contributed by atoms with Crippen molar-refractivity contribution < 1.29 is 4.42 Å². The summed E-state index contributed by atoms with van der Waals surface area (Å²) in [6.45, 7) is 0. The molecule has 0 fully saturated rings. The Morgan fingerprint density at radius 2 is 0.500 bits per heavy atom. The molecule has 0 aliphatic carbocycles. The van der Waals surface area contributed by atoms with Gasteiger partial charge in [0, 0.05) is 98.6 Å². The van der Waals surface area contributed by atoms with Crippen molar-refractivity contribution in [2.45, 2.75) is 0 Å². The maximum absolute atomic E-state index is 6.62. The highest BCUT2D eigenvalue weighted by Gasteiger charge is 2.30. The van der Waals surface area contributed by atoms with Crippen molar-refractivity contribution >= 4 is 196 Å². The van der Waals surface area contributed by atoms with Crippen LogP contribution in [0.3, 0.4) is 0 Å². The summed E-state index contributed by atoms with van der Waals surface area (Å²) in [4.78, 5) is 31.5. The molecule has 0 unspecified atom stereocenters. The lowest BCUT2D eigenvalue weighted by atomic mass is 9.98. The second-order valence-electron chi connectivity index (χ2n) is 38.6. The maximum Gasteiger partial charge on any atom is 0.165 e. The highest BCUT2D eigenvalue weighted by atomic mass is 16.3. The summed E-state index contributed by atoms with van der Waals surface area (Å²) < 4.78 is 18.5. The van der Waals surface area contributed by atoms with Crippen LogP contribution in [0.1, 0.15) is 0 Å². The van der Waals surface area contributed by atoms with Gasteiger partial charge in [0.1, 0.15) is 22.6 Å². The van der Waals surface area contributed by atoms with Crippen molar-refractivity contribution in [3.63, 3.8) is 0 Å². The smallest absolute Gasteiger partial charge is 0.165 e. The molecule has 0 saturated heterocycles. The minimum atomic E-state index is 0.787. The van der Waals surface area contributed by atoms with E-state index in [-0.39, 0.29) is 0 Å². The summed E-state index contributed by atoms with van der Waals surface area (Å²) in [5.74, 6) is 1.61. The molecule has 9 aromatic heterocycles. The molecule has 0 aliphatic rings. The molecule has 9 heterocycles. The van der Waals surface area contributed by atoms with Crippen LogP contribution < -0.4 is 0 Å². The molecule has 698 valence electrons. The zero-order chi connectivity index (χ0) is 98.5. The molecule has 0 amide bonds. The van der Waals surface area contributed by atoms with Crippen LogP contribution in [-0.2, 0) is 0 Å². The van der Waals surface area contributed by atoms with Crippen molar-refractivity contribution in [1.82, 2.24) is 52.7 Å². The lowest BCUT2D eigenvalue weighted by molar-refractivity contribution is 0.673. The Kier molecular flexibility index (Phi) is 19.7. The number of aromatic nitrogens is 11. The van der Waals surface area contributed by atoms with Crippen molar-refractivity contribution in [2.24, 2.45) is 0 Å². The van der Waals surface area contributed by atoms with E-state index in [4.69, 9.17) is 34.3 Å². The van der Waals surface area contributed by atoms with Gasteiger partial charge >= 0.3 is 0 Å². The van der Waals surface area contributed by atoms with Crippen molar-refractivity contribution in [1.29, 1.82) is 0 Å². The Morgan fingerprint density at radius 3 is 1.08 bits per heavy atom. The summed E-state index contributed by atoms with van der Waals surface area (Å²) in [5.41, 5.74) is 34.0. The van der Waals surface area contributed by atoms with E-state index in [0.29, 0.717) is 0 Å². The molecule has 32 aromatic rings. The number of hydrogen-bond donors (Lipinski definition) is 0. The Morgan fingerprint density at radius 1 is 0.153 bits per heavy atom. The minimum Gasteiger partial charge on any atom is -0.455 e. The van der Waals surface area contributed by atoms with Gasteiger partial charge in [-0.3, -0.25) is 9.13 Å². The van der Waals surface area contributed by atoms with Crippen LogP contribution in [0.4, 0.5) is 0 Å². The van der Waals surface area contributed by atoms with Crippen molar-refractivity contribution in [2.75, 3.05) is 0 Å². The number of hydrogen-bond acceptors (Lipinski definition) is 7.